The van der Waals surface area contributed by atoms with E-state index >= 15 is 0 Å². The van der Waals surface area contributed by atoms with Crippen LogP contribution in [0.25, 0.3) is 0 Å². The van der Waals surface area contributed by atoms with Crippen LogP contribution in [0.4, 0.5) is 0 Å². The lowest BCUT2D eigenvalue weighted by molar-refractivity contribution is 0.0973. The maximum absolute atomic E-state index is 5.12. The highest BCUT2D eigenvalue weighted by atomic mass is 16.6. The SMILES string of the molecule is CC(CON)C1CCc2ccccc21. The summed E-state index contributed by atoms with van der Waals surface area (Å²) in [6.07, 6.45) is 2.44. The van der Waals surface area contributed by atoms with Gasteiger partial charge >= 0.3 is 0 Å². The van der Waals surface area contributed by atoms with Gasteiger partial charge in [0.05, 0.1) is 6.61 Å². The van der Waals surface area contributed by atoms with Crippen molar-refractivity contribution in [3.63, 3.8) is 0 Å². The fourth-order valence-electron chi connectivity index (χ4n) is 2.45. The van der Waals surface area contributed by atoms with Crippen LogP contribution in [0.1, 0.15) is 30.4 Å². The molecule has 1 aliphatic rings. The van der Waals surface area contributed by atoms with Crippen molar-refractivity contribution in [2.24, 2.45) is 11.8 Å². The fourth-order valence-corrected chi connectivity index (χ4v) is 2.45. The van der Waals surface area contributed by atoms with Gasteiger partial charge in [-0.3, -0.25) is 0 Å². The van der Waals surface area contributed by atoms with Crippen LogP contribution in [0, 0.1) is 5.92 Å². The van der Waals surface area contributed by atoms with Crippen LogP contribution >= 0.6 is 0 Å². The number of benzene rings is 1. The highest BCUT2D eigenvalue weighted by molar-refractivity contribution is 5.35. The van der Waals surface area contributed by atoms with Crippen molar-refractivity contribution in [3.05, 3.63) is 35.4 Å². The van der Waals surface area contributed by atoms with Gasteiger partial charge in [0.15, 0.2) is 0 Å². The van der Waals surface area contributed by atoms with Gasteiger partial charge < -0.3 is 4.84 Å². The summed E-state index contributed by atoms with van der Waals surface area (Å²) < 4.78 is 0. The third kappa shape index (κ3) is 1.68. The molecule has 2 rings (SSSR count). The molecule has 2 atom stereocenters. The Morgan fingerprint density at radius 3 is 3.07 bits per heavy atom. The first kappa shape index (κ1) is 9.69. The molecule has 14 heavy (non-hydrogen) atoms. The summed E-state index contributed by atoms with van der Waals surface area (Å²) in [5.74, 6) is 6.27. The van der Waals surface area contributed by atoms with Gasteiger partial charge in [0, 0.05) is 0 Å². The molecule has 76 valence electrons. The van der Waals surface area contributed by atoms with Crippen molar-refractivity contribution < 1.29 is 4.84 Å². The van der Waals surface area contributed by atoms with E-state index in [0.29, 0.717) is 18.4 Å². The van der Waals surface area contributed by atoms with Gasteiger partial charge in [-0.25, -0.2) is 5.90 Å². The summed E-state index contributed by atoms with van der Waals surface area (Å²) in [7, 11) is 0. The number of rotatable bonds is 3. The Bertz CT molecular complexity index is 311. The molecule has 2 nitrogen and oxygen atoms in total. The third-order valence-electron chi connectivity index (χ3n) is 3.23. The minimum atomic E-state index is 0.517. The molecule has 0 bridgehead atoms. The molecule has 2 unspecified atom stereocenters. The molecule has 2 heteroatoms. The van der Waals surface area contributed by atoms with Crippen molar-refractivity contribution in [2.75, 3.05) is 6.61 Å². The number of aryl methyl sites for hydroxylation is 1. The second-order valence-electron chi connectivity index (χ2n) is 4.15. The highest BCUT2D eigenvalue weighted by Gasteiger charge is 2.26. The predicted molar refractivity (Wildman–Crippen MR) is 56.8 cm³/mol. The Balaban J connectivity index is 2.17. The topological polar surface area (TPSA) is 35.2 Å². The summed E-state index contributed by atoms with van der Waals surface area (Å²) in [4.78, 5) is 4.73. The molecule has 0 heterocycles. The Hall–Kier alpha value is -0.860. The Morgan fingerprint density at radius 1 is 1.50 bits per heavy atom. The fraction of sp³-hybridized carbons (Fsp3) is 0.500. The smallest absolute Gasteiger partial charge is 0.0710 e. The zero-order chi connectivity index (χ0) is 9.97. The minimum absolute atomic E-state index is 0.517. The number of nitrogens with two attached hydrogens (primary N) is 1. The first-order valence-electron chi connectivity index (χ1n) is 5.22. The van der Waals surface area contributed by atoms with Gasteiger partial charge in [-0.2, -0.15) is 0 Å². The molecule has 0 fully saturated rings. The van der Waals surface area contributed by atoms with E-state index in [0.717, 1.165) is 0 Å². The molecule has 0 spiro atoms. The van der Waals surface area contributed by atoms with Gasteiger partial charge in [-0.1, -0.05) is 31.2 Å². The van der Waals surface area contributed by atoms with E-state index in [1.165, 1.54) is 24.0 Å². The molecular weight excluding hydrogens is 174 g/mol. The number of hydrogen-bond acceptors (Lipinski definition) is 2. The van der Waals surface area contributed by atoms with Crippen LogP contribution in [0.3, 0.4) is 0 Å². The maximum Gasteiger partial charge on any atom is 0.0710 e. The van der Waals surface area contributed by atoms with Crippen molar-refractivity contribution in [1.29, 1.82) is 0 Å². The highest BCUT2D eigenvalue weighted by Crippen LogP contribution is 2.37. The second kappa shape index (κ2) is 4.11. The summed E-state index contributed by atoms with van der Waals surface area (Å²) in [5.41, 5.74) is 3.00. The number of hydrogen-bond donors (Lipinski definition) is 1. The van der Waals surface area contributed by atoms with Crippen molar-refractivity contribution in [1.82, 2.24) is 0 Å². The number of fused-ring (bicyclic) bond motifs is 1. The van der Waals surface area contributed by atoms with E-state index in [-0.39, 0.29) is 0 Å². The van der Waals surface area contributed by atoms with E-state index in [1.807, 2.05) is 0 Å². The molecule has 0 saturated carbocycles. The summed E-state index contributed by atoms with van der Waals surface area (Å²) in [6.45, 7) is 2.86. The Labute approximate surface area is 85.0 Å². The molecule has 0 saturated heterocycles. The first-order chi connectivity index (χ1) is 6.83. The lowest BCUT2D eigenvalue weighted by atomic mass is 9.89. The molecule has 1 aromatic carbocycles. The second-order valence-corrected chi connectivity index (χ2v) is 4.15. The molecular formula is C12H17NO. The molecule has 0 radical (unpaired) electrons. The normalized spacial score (nSPS) is 22.0. The van der Waals surface area contributed by atoms with Gasteiger partial charge in [0.2, 0.25) is 0 Å². The zero-order valence-corrected chi connectivity index (χ0v) is 8.57. The van der Waals surface area contributed by atoms with Crippen molar-refractivity contribution in [3.8, 4) is 0 Å². The summed E-state index contributed by atoms with van der Waals surface area (Å²) >= 11 is 0. The predicted octanol–water partition coefficient (Wildman–Crippen LogP) is 2.24. The first-order valence-corrected chi connectivity index (χ1v) is 5.22. The van der Waals surface area contributed by atoms with Gasteiger partial charge in [-0.15, -0.1) is 0 Å². The van der Waals surface area contributed by atoms with Crippen LogP contribution in [0.15, 0.2) is 24.3 Å². The molecule has 1 aliphatic carbocycles. The van der Waals surface area contributed by atoms with Gasteiger partial charge in [-0.05, 0) is 35.8 Å². The van der Waals surface area contributed by atoms with Crippen LogP contribution < -0.4 is 5.90 Å². The van der Waals surface area contributed by atoms with E-state index in [9.17, 15) is 0 Å². The van der Waals surface area contributed by atoms with E-state index in [2.05, 4.69) is 31.2 Å². The summed E-state index contributed by atoms with van der Waals surface area (Å²) in [6, 6.07) is 8.70. The van der Waals surface area contributed by atoms with E-state index < -0.39 is 0 Å². The van der Waals surface area contributed by atoms with Crippen LogP contribution in [-0.4, -0.2) is 6.61 Å². The third-order valence-corrected chi connectivity index (χ3v) is 3.23. The average Bonchev–Trinajstić information content (AvgIpc) is 2.61. The lowest BCUT2D eigenvalue weighted by Gasteiger charge is -2.18. The van der Waals surface area contributed by atoms with Crippen molar-refractivity contribution >= 4 is 0 Å². The molecule has 0 aliphatic heterocycles. The van der Waals surface area contributed by atoms with Crippen LogP contribution in [0.2, 0.25) is 0 Å². The lowest BCUT2D eigenvalue weighted by Crippen LogP contribution is -2.16. The van der Waals surface area contributed by atoms with E-state index in [1.54, 1.807) is 0 Å². The van der Waals surface area contributed by atoms with E-state index in [4.69, 9.17) is 10.7 Å². The molecule has 2 N–H and O–H groups in total. The molecule has 0 aromatic heterocycles. The van der Waals surface area contributed by atoms with Crippen molar-refractivity contribution in [2.45, 2.75) is 25.7 Å². The Morgan fingerprint density at radius 2 is 2.29 bits per heavy atom. The minimum Gasteiger partial charge on any atom is -0.304 e. The average molecular weight is 191 g/mol. The maximum atomic E-state index is 5.12. The quantitative estimate of drug-likeness (QED) is 0.744. The van der Waals surface area contributed by atoms with Gasteiger partial charge in [0.25, 0.3) is 0 Å². The zero-order valence-electron chi connectivity index (χ0n) is 8.57. The van der Waals surface area contributed by atoms with Gasteiger partial charge in [0.1, 0.15) is 0 Å². The standard InChI is InChI=1S/C12H17NO/c1-9(8-14-13)11-7-6-10-4-2-3-5-12(10)11/h2-5,9,11H,6-8,13H2,1H3. The monoisotopic (exact) mass is 191 g/mol. The molecule has 1 aromatic rings. The Kier molecular flexibility index (Phi) is 2.85. The van der Waals surface area contributed by atoms with Crippen LogP contribution in [-0.2, 0) is 11.3 Å². The van der Waals surface area contributed by atoms with Crippen LogP contribution in [0.5, 0.6) is 0 Å². The largest absolute Gasteiger partial charge is 0.304 e. The summed E-state index contributed by atoms with van der Waals surface area (Å²) in [5, 5.41) is 0. The molecule has 0 amide bonds.